The van der Waals surface area contributed by atoms with Crippen molar-refractivity contribution >= 4 is 10.4 Å². The fourth-order valence-corrected chi connectivity index (χ4v) is 0.990. The summed E-state index contributed by atoms with van der Waals surface area (Å²) >= 11 is 0. The van der Waals surface area contributed by atoms with E-state index in [2.05, 4.69) is 4.18 Å². The first-order valence-corrected chi connectivity index (χ1v) is 4.73. The maximum absolute atomic E-state index is 10.3. The maximum atomic E-state index is 10.3. The molecule has 2 N–H and O–H groups in total. The third-order valence-corrected chi connectivity index (χ3v) is 2.19. The van der Waals surface area contributed by atoms with Gasteiger partial charge in [-0.15, -0.1) is 0 Å². The van der Waals surface area contributed by atoms with Gasteiger partial charge in [0.15, 0.2) is 5.79 Å². The van der Waals surface area contributed by atoms with E-state index >= 15 is 0 Å². The molecule has 1 atom stereocenters. The van der Waals surface area contributed by atoms with E-state index in [9.17, 15) is 13.5 Å². The molecule has 0 radical (unpaired) electrons. The lowest BCUT2D eigenvalue weighted by Crippen LogP contribution is -2.43. The molecule has 0 saturated heterocycles. The Bertz CT molecular complexity index is 246. The molecule has 0 heterocycles. The molecule has 0 aliphatic rings. The summed E-state index contributed by atoms with van der Waals surface area (Å²) in [6.45, 7) is 5.91. The van der Waals surface area contributed by atoms with Gasteiger partial charge in [-0.25, -0.2) is 4.18 Å². The van der Waals surface area contributed by atoms with Crippen LogP contribution < -0.4 is 0 Å². The number of rotatable bonds is 2. The first-order chi connectivity index (χ1) is 4.96. The van der Waals surface area contributed by atoms with Crippen LogP contribution in [-0.4, -0.2) is 23.9 Å². The van der Waals surface area contributed by atoms with Crippen molar-refractivity contribution in [2.24, 2.45) is 5.41 Å². The van der Waals surface area contributed by atoms with E-state index in [4.69, 9.17) is 4.55 Å². The lowest BCUT2D eigenvalue weighted by Gasteiger charge is -2.34. The molecule has 0 fully saturated rings. The van der Waals surface area contributed by atoms with E-state index in [0.717, 1.165) is 0 Å². The van der Waals surface area contributed by atoms with Gasteiger partial charge in [-0.1, -0.05) is 20.8 Å². The van der Waals surface area contributed by atoms with Crippen LogP contribution in [0.2, 0.25) is 0 Å². The van der Waals surface area contributed by atoms with E-state index in [-0.39, 0.29) is 0 Å². The minimum Gasteiger partial charge on any atom is -0.364 e. The molecule has 6 heteroatoms. The summed E-state index contributed by atoms with van der Waals surface area (Å²) in [6, 6.07) is 0. The van der Waals surface area contributed by atoms with Gasteiger partial charge < -0.3 is 5.11 Å². The summed E-state index contributed by atoms with van der Waals surface area (Å²) in [7, 11) is -4.61. The van der Waals surface area contributed by atoms with Crippen LogP contribution >= 0.6 is 0 Å². The first kappa shape index (κ1) is 11.8. The highest BCUT2D eigenvalue weighted by atomic mass is 32.3. The zero-order valence-electron chi connectivity index (χ0n) is 7.53. The van der Waals surface area contributed by atoms with Crippen molar-refractivity contribution in [1.29, 1.82) is 0 Å². The van der Waals surface area contributed by atoms with Crippen LogP contribution in [0, 0.1) is 5.41 Å². The second-order valence-electron chi connectivity index (χ2n) is 3.74. The van der Waals surface area contributed by atoms with Gasteiger partial charge in [0.05, 0.1) is 0 Å². The molecule has 5 nitrogen and oxygen atoms in total. The highest BCUT2D eigenvalue weighted by molar-refractivity contribution is 7.80. The molecule has 0 amide bonds. The Hall–Kier alpha value is -0.170. The SMILES string of the molecule is CC(C)(C)C(C)(O)OS(=O)(=O)O. The Labute approximate surface area is 72.3 Å². The predicted molar refractivity (Wildman–Crippen MR) is 42.7 cm³/mol. The highest BCUT2D eigenvalue weighted by Gasteiger charge is 2.40. The van der Waals surface area contributed by atoms with Crippen molar-refractivity contribution < 1.29 is 22.3 Å². The van der Waals surface area contributed by atoms with Gasteiger partial charge in [-0.05, 0) is 6.92 Å². The van der Waals surface area contributed by atoms with Crippen LogP contribution in [0.4, 0.5) is 0 Å². The van der Waals surface area contributed by atoms with E-state index in [1.165, 1.54) is 6.92 Å². The Morgan fingerprint density at radius 1 is 1.17 bits per heavy atom. The smallest absolute Gasteiger partial charge is 0.364 e. The van der Waals surface area contributed by atoms with Gasteiger partial charge in [0, 0.05) is 5.41 Å². The molecule has 0 saturated carbocycles. The summed E-state index contributed by atoms with van der Waals surface area (Å²) in [5, 5.41) is 9.43. The number of hydrogen-bond donors (Lipinski definition) is 2. The summed E-state index contributed by atoms with van der Waals surface area (Å²) in [4.78, 5) is 0. The average Bonchev–Trinajstić information content (AvgIpc) is 1.52. The van der Waals surface area contributed by atoms with Gasteiger partial charge in [-0.2, -0.15) is 8.42 Å². The lowest BCUT2D eigenvalue weighted by molar-refractivity contribution is -0.192. The van der Waals surface area contributed by atoms with Gasteiger partial charge in [-0.3, -0.25) is 4.55 Å². The predicted octanol–water partition coefficient (Wildman–Crippen LogP) is 0.560. The summed E-state index contributed by atoms with van der Waals surface area (Å²) in [6.07, 6.45) is 0. The molecule has 74 valence electrons. The third kappa shape index (κ3) is 3.48. The van der Waals surface area contributed by atoms with Crippen molar-refractivity contribution in [3.05, 3.63) is 0 Å². The van der Waals surface area contributed by atoms with Crippen molar-refractivity contribution in [2.75, 3.05) is 0 Å². The van der Waals surface area contributed by atoms with Crippen LogP contribution in [-0.2, 0) is 14.6 Å². The second kappa shape index (κ2) is 2.95. The Morgan fingerprint density at radius 3 is 1.58 bits per heavy atom. The highest BCUT2D eigenvalue weighted by Crippen LogP contribution is 2.31. The average molecular weight is 198 g/mol. The molecule has 0 aliphatic carbocycles. The summed E-state index contributed by atoms with van der Waals surface area (Å²) in [5.41, 5.74) is -0.803. The number of aliphatic hydroxyl groups is 1. The van der Waals surface area contributed by atoms with Crippen molar-refractivity contribution in [3.8, 4) is 0 Å². The third-order valence-electron chi connectivity index (χ3n) is 1.66. The fourth-order valence-electron chi connectivity index (χ4n) is 0.330. The standard InChI is InChI=1S/C6H14O5S/c1-5(2,3)6(4,7)11-12(8,9)10/h7H,1-4H3,(H,8,9,10). The Balaban J connectivity index is 4.67. The van der Waals surface area contributed by atoms with Crippen molar-refractivity contribution in [3.63, 3.8) is 0 Å². The van der Waals surface area contributed by atoms with E-state index in [1.807, 2.05) is 0 Å². The lowest BCUT2D eigenvalue weighted by atomic mass is 9.87. The van der Waals surface area contributed by atoms with E-state index in [1.54, 1.807) is 20.8 Å². The Morgan fingerprint density at radius 2 is 1.50 bits per heavy atom. The number of hydrogen-bond acceptors (Lipinski definition) is 4. The van der Waals surface area contributed by atoms with Crippen molar-refractivity contribution in [1.82, 2.24) is 0 Å². The molecular formula is C6H14O5S. The molecule has 0 aromatic heterocycles. The minimum atomic E-state index is -4.61. The quantitative estimate of drug-likeness (QED) is 0.500. The minimum absolute atomic E-state index is 0.803. The Kier molecular flexibility index (Phi) is 2.91. The normalized spacial score (nSPS) is 18.8. The van der Waals surface area contributed by atoms with Gasteiger partial charge in [0.1, 0.15) is 0 Å². The molecule has 1 unspecified atom stereocenters. The summed E-state index contributed by atoms with van der Waals surface area (Å²) in [5.74, 6) is -1.92. The van der Waals surface area contributed by atoms with Crippen LogP contribution in [0.15, 0.2) is 0 Å². The molecule has 0 rings (SSSR count). The molecule has 0 aromatic carbocycles. The fraction of sp³-hybridized carbons (Fsp3) is 1.00. The molecule has 0 aliphatic heterocycles. The summed E-state index contributed by atoms with van der Waals surface area (Å²) < 4.78 is 32.9. The largest absolute Gasteiger partial charge is 0.400 e. The van der Waals surface area contributed by atoms with Gasteiger partial charge in [0.25, 0.3) is 0 Å². The van der Waals surface area contributed by atoms with Crippen molar-refractivity contribution in [2.45, 2.75) is 33.5 Å². The van der Waals surface area contributed by atoms with E-state index in [0.29, 0.717) is 0 Å². The van der Waals surface area contributed by atoms with Crippen LogP contribution in [0.3, 0.4) is 0 Å². The zero-order valence-corrected chi connectivity index (χ0v) is 8.34. The molecule has 12 heavy (non-hydrogen) atoms. The molecule has 0 bridgehead atoms. The first-order valence-electron chi connectivity index (χ1n) is 3.36. The maximum Gasteiger partial charge on any atom is 0.400 e. The van der Waals surface area contributed by atoms with Crippen LogP contribution in [0.25, 0.3) is 0 Å². The zero-order chi connectivity index (χ0) is 10.2. The topological polar surface area (TPSA) is 83.8 Å². The van der Waals surface area contributed by atoms with Gasteiger partial charge in [0.2, 0.25) is 0 Å². The molecule has 0 spiro atoms. The van der Waals surface area contributed by atoms with Crippen LogP contribution in [0.1, 0.15) is 27.7 Å². The second-order valence-corrected chi connectivity index (χ2v) is 4.77. The van der Waals surface area contributed by atoms with E-state index < -0.39 is 21.6 Å². The molecular weight excluding hydrogens is 184 g/mol. The molecule has 0 aromatic rings. The van der Waals surface area contributed by atoms with Gasteiger partial charge >= 0.3 is 10.4 Å². The van der Waals surface area contributed by atoms with Crippen LogP contribution in [0.5, 0.6) is 0 Å². The monoisotopic (exact) mass is 198 g/mol.